The molecule has 0 amide bonds. The number of nitro groups is 2. The van der Waals surface area contributed by atoms with Gasteiger partial charge in [-0.15, -0.1) is 5.10 Å². The molecule has 2 heterocycles. The SMILES string of the molecule is CC1(C)CC(=O)C2=C(C1)Nc1nc(-c3ccc([N+](=O)[O-])cc3)nn1C2c1cccc([N+](=O)[O-])c1. The van der Waals surface area contributed by atoms with Crippen molar-refractivity contribution in [3.63, 3.8) is 0 Å². The molecule has 0 radical (unpaired) electrons. The highest BCUT2D eigenvalue weighted by atomic mass is 16.6. The normalized spacial score (nSPS) is 18.6. The Balaban J connectivity index is 1.66. The third-order valence-electron chi connectivity index (χ3n) is 6.07. The number of nitrogens with zero attached hydrogens (tertiary/aromatic N) is 5. The van der Waals surface area contributed by atoms with E-state index < -0.39 is 15.9 Å². The van der Waals surface area contributed by atoms with Crippen LogP contribution in [0.5, 0.6) is 0 Å². The molecule has 1 unspecified atom stereocenters. The van der Waals surface area contributed by atoms with Gasteiger partial charge in [-0.05, 0) is 29.5 Å². The summed E-state index contributed by atoms with van der Waals surface area (Å²) in [6, 6.07) is 11.3. The number of nitro benzene ring substituents is 2. The number of hydrogen-bond donors (Lipinski definition) is 1. The van der Waals surface area contributed by atoms with E-state index in [4.69, 9.17) is 0 Å². The van der Waals surface area contributed by atoms with Crippen molar-refractivity contribution in [3.8, 4) is 11.4 Å². The first-order chi connectivity index (χ1) is 16.1. The van der Waals surface area contributed by atoms with E-state index in [9.17, 15) is 25.0 Å². The van der Waals surface area contributed by atoms with Gasteiger partial charge in [0, 0.05) is 47.5 Å². The molecule has 34 heavy (non-hydrogen) atoms. The Labute approximate surface area is 193 Å². The lowest BCUT2D eigenvalue weighted by Gasteiger charge is -2.38. The summed E-state index contributed by atoms with van der Waals surface area (Å²) in [5, 5.41) is 30.2. The summed E-state index contributed by atoms with van der Waals surface area (Å²) in [5.74, 6) is 0.668. The fourth-order valence-corrected chi connectivity index (χ4v) is 4.58. The predicted molar refractivity (Wildman–Crippen MR) is 122 cm³/mol. The molecule has 0 bridgehead atoms. The summed E-state index contributed by atoms with van der Waals surface area (Å²) in [4.78, 5) is 39.3. The molecule has 0 saturated carbocycles. The standard InChI is InChI=1S/C23H20N6O5/c1-23(2)11-17-19(18(30)12-23)20(14-4-3-5-16(10-14)29(33)34)27-22(24-17)25-21(26-27)13-6-8-15(9-7-13)28(31)32/h3-10,20H,11-12H2,1-2H3,(H,24,25,26). The van der Waals surface area contributed by atoms with Crippen molar-refractivity contribution in [3.05, 3.63) is 85.6 Å². The summed E-state index contributed by atoms with van der Waals surface area (Å²) in [7, 11) is 0. The number of Topliss-reactive ketones (excluding diaryl/α,β-unsaturated/α-hetero) is 1. The van der Waals surface area contributed by atoms with E-state index in [0.717, 1.165) is 5.70 Å². The Morgan fingerprint density at radius 3 is 2.41 bits per heavy atom. The minimum atomic E-state index is -0.686. The zero-order valence-electron chi connectivity index (χ0n) is 18.4. The first kappa shape index (κ1) is 21.4. The van der Waals surface area contributed by atoms with Gasteiger partial charge in [0.25, 0.3) is 11.4 Å². The van der Waals surface area contributed by atoms with Crippen LogP contribution in [0.1, 0.15) is 38.3 Å². The maximum Gasteiger partial charge on any atom is 0.269 e. The van der Waals surface area contributed by atoms with E-state index in [0.29, 0.717) is 41.3 Å². The highest BCUT2D eigenvalue weighted by molar-refractivity contribution is 6.00. The highest BCUT2D eigenvalue weighted by Crippen LogP contribution is 2.46. The van der Waals surface area contributed by atoms with E-state index in [-0.39, 0.29) is 22.6 Å². The van der Waals surface area contributed by atoms with E-state index in [1.807, 2.05) is 13.8 Å². The highest BCUT2D eigenvalue weighted by Gasteiger charge is 2.42. The van der Waals surface area contributed by atoms with E-state index in [1.54, 1.807) is 28.9 Å². The molecule has 2 aliphatic rings. The Morgan fingerprint density at radius 1 is 1.03 bits per heavy atom. The maximum atomic E-state index is 13.3. The second-order valence-electron chi connectivity index (χ2n) is 9.22. The van der Waals surface area contributed by atoms with Crippen LogP contribution in [0, 0.1) is 25.6 Å². The molecule has 172 valence electrons. The van der Waals surface area contributed by atoms with Crippen LogP contribution in [-0.4, -0.2) is 30.4 Å². The fraction of sp³-hybridized carbons (Fsp3) is 0.261. The lowest BCUT2D eigenvalue weighted by Crippen LogP contribution is -2.36. The molecule has 0 spiro atoms. The number of rotatable bonds is 4. The molecular formula is C23H20N6O5. The number of hydrogen-bond acceptors (Lipinski definition) is 8. The summed E-state index contributed by atoms with van der Waals surface area (Å²) < 4.78 is 1.56. The number of carbonyl (C=O) groups excluding carboxylic acids is 1. The number of aromatic nitrogens is 3. The van der Waals surface area contributed by atoms with E-state index >= 15 is 0 Å². The van der Waals surface area contributed by atoms with Crippen molar-refractivity contribution >= 4 is 23.1 Å². The number of fused-ring (bicyclic) bond motifs is 1. The van der Waals surface area contributed by atoms with Crippen molar-refractivity contribution < 1.29 is 14.6 Å². The summed E-state index contributed by atoms with van der Waals surface area (Å²) in [5.41, 5.74) is 1.98. The van der Waals surface area contributed by atoms with Gasteiger partial charge < -0.3 is 5.32 Å². The van der Waals surface area contributed by atoms with Gasteiger partial charge in [-0.3, -0.25) is 25.0 Å². The predicted octanol–water partition coefficient (Wildman–Crippen LogP) is 4.42. The molecule has 1 aromatic heterocycles. The lowest BCUT2D eigenvalue weighted by molar-refractivity contribution is -0.385. The summed E-state index contributed by atoms with van der Waals surface area (Å²) >= 11 is 0. The third-order valence-corrected chi connectivity index (χ3v) is 6.07. The first-order valence-electron chi connectivity index (χ1n) is 10.6. The van der Waals surface area contributed by atoms with Gasteiger partial charge in [-0.2, -0.15) is 4.98 Å². The van der Waals surface area contributed by atoms with Gasteiger partial charge in [-0.25, -0.2) is 4.68 Å². The number of allylic oxidation sites excluding steroid dienone is 2. The topological polar surface area (TPSA) is 146 Å². The van der Waals surface area contributed by atoms with Crippen molar-refractivity contribution in [2.24, 2.45) is 5.41 Å². The second kappa shape index (κ2) is 7.58. The Kier molecular flexibility index (Phi) is 4.78. The molecule has 11 nitrogen and oxygen atoms in total. The van der Waals surface area contributed by atoms with Gasteiger partial charge in [0.1, 0.15) is 6.04 Å². The average molecular weight is 460 g/mol. The van der Waals surface area contributed by atoms with Crippen LogP contribution < -0.4 is 5.32 Å². The first-order valence-corrected chi connectivity index (χ1v) is 10.6. The van der Waals surface area contributed by atoms with Crippen LogP contribution in [0.2, 0.25) is 0 Å². The second-order valence-corrected chi connectivity index (χ2v) is 9.22. The van der Waals surface area contributed by atoms with Gasteiger partial charge in [0.15, 0.2) is 11.6 Å². The van der Waals surface area contributed by atoms with Gasteiger partial charge in [0.2, 0.25) is 5.95 Å². The Bertz CT molecular complexity index is 1390. The number of nitrogens with one attached hydrogen (secondary N) is 1. The van der Waals surface area contributed by atoms with Crippen molar-refractivity contribution in [1.29, 1.82) is 0 Å². The smallest absolute Gasteiger partial charge is 0.269 e. The zero-order valence-corrected chi connectivity index (χ0v) is 18.4. The summed E-state index contributed by atoms with van der Waals surface area (Å²) in [6.07, 6.45) is 0.956. The van der Waals surface area contributed by atoms with Crippen LogP contribution in [0.4, 0.5) is 17.3 Å². The van der Waals surface area contributed by atoms with Crippen molar-refractivity contribution in [1.82, 2.24) is 14.8 Å². The third kappa shape index (κ3) is 3.60. The number of carbonyl (C=O) groups is 1. The monoisotopic (exact) mass is 460 g/mol. The van der Waals surface area contributed by atoms with Crippen LogP contribution in [-0.2, 0) is 4.79 Å². The van der Waals surface area contributed by atoms with Gasteiger partial charge >= 0.3 is 0 Å². The molecule has 0 fully saturated rings. The minimum Gasteiger partial charge on any atom is -0.328 e. The minimum absolute atomic E-state index is 0.0479. The summed E-state index contributed by atoms with van der Waals surface area (Å²) in [6.45, 7) is 4.03. The van der Waals surface area contributed by atoms with Crippen molar-refractivity contribution in [2.75, 3.05) is 5.32 Å². The van der Waals surface area contributed by atoms with Crippen molar-refractivity contribution in [2.45, 2.75) is 32.7 Å². The number of anilines is 1. The molecule has 5 rings (SSSR count). The largest absolute Gasteiger partial charge is 0.328 e. The van der Waals surface area contributed by atoms with Crippen LogP contribution >= 0.6 is 0 Å². The van der Waals surface area contributed by atoms with Crippen LogP contribution in [0.15, 0.2) is 59.8 Å². The quantitative estimate of drug-likeness (QED) is 0.445. The van der Waals surface area contributed by atoms with Crippen LogP contribution in [0.3, 0.4) is 0 Å². The molecular weight excluding hydrogens is 440 g/mol. The zero-order chi connectivity index (χ0) is 24.2. The van der Waals surface area contributed by atoms with E-state index in [1.165, 1.54) is 24.3 Å². The molecule has 1 N–H and O–H groups in total. The van der Waals surface area contributed by atoms with Crippen LogP contribution in [0.25, 0.3) is 11.4 Å². The molecule has 3 aromatic rings. The molecule has 1 aliphatic carbocycles. The fourth-order valence-electron chi connectivity index (χ4n) is 4.58. The Morgan fingerprint density at radius 2 is 1.74 bits per heavy atom. The van der Waals surface area contributed by atoms with E-state index in [2.05, 4.69) is 15.4 Å². The Hall–Kier alpha value is -4.41. The maximum absolute atomic E-state index is 13.3. The lowest BCUT2D eigenvalue weighted by atomic mass is 9.73. The molecule has 1 aliphatic heterocycles. The number of benzene rings is 2. The van der Waals surface area contributed by atoms with Gasteiger partial charge in [-0.1, -0.05) is 26.0 Å². The van der Waals surface area contributed by atoms with Gasteiger partial charge in [0.05, 0.1) is 9.85 Å². The molecule has 11 heteroatoms. The molecule has 2 aromatic carbocycles. The number of non-ortho nitro benzene ring substituents is 2. The number of ketones is 1. The molecule has 0 saturated heterocycles. The average Bonchev–Trinajstić information content (AvgIpc) is 3.20. The molecule has 1 atom stereocenters.